The average Bonchev–Trinajstić information content (AvgIpc) is 2.37. The molecule has 12 heavy (non-hydrogen) atoms. The van der Waals surface area contributed by atoms with Crippen molar-refractivity contribution in [3.8, 4) is 0 Å². The fraction of sp³-hybridized carbons (Fsp3) is 0.556. The largest absolute Gasteiger partial charge is 0.396 e. The van der Waals surface area contributed by atoms with Crippen LogP contribution in [0, 0.1) is 0 Å². The third-order valence-corrected chi connectivity index (χ3v) is 2.71. The van der Waals surface area contributed by atoms with E-state index >= 15 is 0 Å². The van der Waals surface area contributed by atoms with Crippen LogP contribution in [-0.4, -0.2) is 17.8 Å². The number of hydrogen-bond acceptors (Lipinski definition) is 3. The third kappa shape index (κ3) is 2.59. The van der Waals surface area contributed by atoms with Gasteiger partial charge >= 0.3 is 0 Å². The molecule has 1 atom stereocenters. The summed E-state index contributed by atoms with van der Waals surface area (Å²) < 4.78 is 0. The molecule has 0 bridgehead atoms. The summed E-state index contributed by atoms with van der Waals surface area (Å²) in [6.45, 7) is 2.23. The van der Waals surface area contributed by atoms with Crippen molar-refractivity contribution in [2.45, 2.75) is 25.8 Å². The van der Waals surface area contributed by atoms with Crippen LogP contribution in [0.15, 0.2) is 11.4 Å². The van der Waals surface area contributed by atoms with Gasteiger partial charge in [-0.15, -0.1) is 11.3 Å². The number of aliphatic hydroxyl groups is 1. The van der Waals surface area contributed by atoms with Crippen molar-refractivity contribution in [3.05, 3.63) is 21.9 Å². The van der Waals surface area contributed by atoms with Crippen molar-refractivity contribution in [1.82, 2.24) is 0 Å². The van der Waals surface area contributed by atoms with E-state index in [4.69, 9.17) is 10.8 Å². The maximum Gasteiger partial charge on any atom is 0.0471 e. The summed E-state index contributed by atoms with van der Waals surface area (Å²) in [5, 5.41) is 10.8. The quantitative estimate of drug-likeness (QED) is 0.739. The van der Waals surface area contributed by atoms with Crippen LogP contribution in [-0.2, 0) is 12.8 Å². The Labute approximate surface area is 77.0 Å². The summed E-state index contributed by atoms with van der Waals surface area (Å²) in [6.07, 6.45) is 1.68. The van der Waals surface area contributed by atoms with Crippen molar-refractivity contribution >= 4 is 11.3 Å². The maximum atomic E-state index is 8.77. The van der Waals surface area contributed by atoms with Gasteiger partial charge in [0.25, 0.3) is 0 Å². The molecule has 0 saturated heterocycles. The molecule has 0 spiro atoms. The standard InChI is InChI=1S/C9H15NOS/c1-7(10)6-9-8(2-4-11)3-5-12-9/h3,5,7,11H,2,4,6,10H2,1H3/t7-/m0/s1. The minimum absolute atomic E-state index is 0.209. The Balaban J connectivity index is 2.63. The van der Waals surface area contributed by atoms with Crippen LogP contribution in [0.2, 0.25) is 0 Å². The van der Waals surface area contributed by atoms with E-state index in [9.17, 15) is 0 Å². The number of nitrogens with two attached hydrogens (primary N) is 1. The predicted octanol–water partition coefficient (Wildman–Crippen LogP) is 1.17. The lowest BCUT2D eigenvalue weighted by Gasteiger charge is -2.04. The minimum Gasteiger partial charge on any atom is -0.396 e. The van der Waals surface area contributed by atoms with Gasteiger partial charge in [-0.1, -0.05) is 0 Å². The van der Waals surface area contributed by atoms with E-state index in [0.717, 1.165) is 12.8 Å². The second-order valence-corrected chi connectivity index (χ2v) is 4.02. The highest BCUT2D eigenvalue weighted by Gasteiger charge is 2.05. The fourth-order valence-electron chi connectivity index (χ4n) is 1.18. The van der Waals surface area contributed by atoms with Crippen LogP contribution in [0.1, 0.15) is 17.4 Å². The molecule has 0 amide bonds. The summed E-state index contributed by atoms with van der Waals surface area (Å²) in [5.74, 6) is 0. The highest BCUT2D eigenvalue weighted by atomic mass is 32.1. The third-order valence-electron chi connectivity index (χ3n) is 1.73. The average molecular weight is 185 g/mol. The van der Waals surface area contributed by atoms with Crippen molar-refractivity contribution < 1.29 is 5.11 Å². The van der Waals surface area contributed by atoms with Crippen molar-refractivity contribution in [1.29, 1.82) is 0 Å². The Kier molecular flexibility index (Phi) is 3.72. The fourth-order valence-corrected chi connectivity index (χ4v) is 2.26. The molecule has 68 valence electrons. The molecule has 0 fully saturated rings. The second kappa shape index (κ2) is 4.60. The van der Waals surface area contributed by atoms with E-state index in [2.05, 4.69) is 11.4 Å². The first-order valence-corrected chi connectivity index (χ1v) is 5.03. The van der Waals surface area contributed by atoms with Crippen LogP contribution < -0.4 is 5.73 Å². The van der Waals surface area contributed by atoms with Gasteiger partial charge in [0.05, 0.1) is 0 Å². The van der Waals surface area contributed by atoms with Crippen molar-refractivity contribution in [2.24, 2.45) is 5.73 Å². The molecule has 1 aromatic heterocycles. The topological polar surface area (TPSA) is 46.2 Å². The molecule has 0 aliphatic rings. The lowest BCUT2D eigenvalue weighted by molar-refractivity contribution is 0.299. The Morgan fingerprint density at radius 2 is 2.42 bits per heavy atom. The summed E-state index contributed by atoms with van der Waals surface area (Å²) in [6, 6.07) is 2.28. The molecule has 3 N–H and O–H groups in total. The smallest absolute Gasteiger partial charge is 0.0471 e. The molecule has 0 aromatic carbocycles. The van der Waals surface area contributed by atoms with E-state index in [0.29, 0.717) is 0 Å². The molecular formula is C9H15NOS. The van der Waals surface area contributed by atoms with E-state index in [1.165, 1.54) is 10.4 Å². The number of thiophene rings is 1. The first kappa shape index (κ1) is 9.71. The highest BCUT2D eigenvalue weighted by molar-refractivity contribution is 7.10. The molecule has 1 heterocycles. The van der Waals surface area contributed by atoms with Crippen LogP contribution in [0.25, 0.3) is 0 Å². The molecule has 0 aliphatic heterocycles. The van der Waals surface area contributed by atoms with Gasteiger partial charge in [-0.2, -0.15) is 0 Å². The SMILES string of the molecule is C[C@H](N)Cc1sccc1CCO. The van der Waals surface area contributed by atoms with E-state index in [1.807, 2.05) is 6.92 Å². The second-order valence-electron chi connectivity index (χ2n) is 3.02. The maximum absolute atomic E-state index is 8.77. The van der Waals surface area contributed by atoms with Crippen molar-refractivity contribution in [3.63, 3.8) is 0 Å². The van der Waals surface area contributed by atoms with Gasteiger partial charge in [-0.25, -0.2) is 0 Å². The Hall–Kier alpha value is -0.380. The van der Waals surface area contributed by atoms with Gasteiger partial charge in [-0.05, 0) is 36.8 Å². The molecule has 0 unspecified atom stereocenters. The van der Waals surface area contributed by atoms with Crippen LogP contribution >= 0.6 is 11.3 Å². The van der Waals surface area contributed by atoms with E-state index in [-0.39, 0.29) is 12.6 Å². The van der Waals surface area contributed by atoms with Crippen LogP contribution in [0.3, 0.4) is 0 Å². The monoisotopic (exact) mass is 185 g/mol. The van der Waals surface area contributed by atoms with Crippen LogP contribution in [0.5, 0.6) is 0 Å². The van der Waals surface area contributed by atoms with E-state index in [1.54, 1.807) is 11.3 Å². The molecule has 2 nitrogen and oxygen atoms in total. The normalized spacial score (nSPS) is 13.2. The lowest BCUT2D eigenvalue weighted by atomic mass is 10.1. The minimum atomic E-state index is 0.209. The Bertz CT molecular complexity index is 232. The molecule has 0 saturated carbocycles. The number of aliphatic hydroxyl groups excluding tert-OH is 1. The first-order valence-electron chi connectivity index (χ1n) is 4.15. The molecule has 3 heteroatoms. The van der Waals surface area contributed by atoms with Gasteiger partial charge in [0.15, 0.2) is 0 Å². The van der Waals surface area contributed by atoms with Gasteiger partial charge in [0.2, 0.25) is 0 Å². The predicted molar refractivity (Wildman–Crippen MR) is 52.5 cm³/mol. The first-order chi connectivity index (χ1) is 5.74. The van der Waals surface area contributed by atoms with E-state index < -0.39 is 0 Å². The summed E-state index contributed by atoms with van der Waals surface area (Å²) >= 11 is 1.73. The zero-order valence-electron chi connectivity index (χ0n) is 7.29. The summed E-state index contributed by atoms with van der Waals surface area (Å²) in [4.78, 5) is 1.32. The van der Waals surface area contributed by atoms with Gasteiger partial charge < -0.3 is 10.8 Å². The highest BCUT2D eigenvalue weighted by Crippen LogP contribution is 2.18. The van der Waals surface area contributed by atoms with Gasteiger partial charge in [0, 0.05) is 17.5 Å². The molecular weight excluding hydrogens is 170 g/mol. The lowest BCUT2D eigenvalue weighted by Crippen LogP contribution is -2.17. The molecule has 1 aromatic rings. The summed E-state index contributed by atoms with van der Waals surface area (Å²) in [7, 11) is 0. The zero-order valence-corrected chi connectivity index (χ0v) is 8.10. The van der Waals surface area contributed by atoms with Crippen LogP contribution in [0.4, 0.5) is 0 Å². The van der Waals surface area contributed by atoms with Crippen molar-refractivity contribution in [2.75, 3.05) is 6.61 Å². The van der Waals surface area contributed by atoms with Gasteiger partial charge in [-0.3, -0.25) is 0 Å². The Morgan fingerprint density at radius 1 is 1.67 bits per heavy atom. The van der Waals surface area contributed by atoms with Gasteiger partial charge in [0.1, 0.15) is 0 Å². The molecule has 0 aliphatic carbocycles. The zero-order chi connectivity index (χ0) is 8.97. The Morgan fingerprint density at radius 3 is 3.00 bits per heavy atom. The molecule has 0 radical (unpaired) electrons. The molecule has 1 rings (SSSR count). The summed E-state index contributed by atoms with van der Waals surface area (Å²) in [5.41, 5.74) is 6.94. The number of rotatable bonds is 4. The number of hydrogen-bond donors (Lipinski definition) is 2.